The third-order valence-corrected chi connectivity index (χ3v) is 6.12. The molecule has 174 valence electrons. The number of ether oxygens (including phenoxy) is 2. The van der Waals surface area contributed by atoms with E-state index in [9.17, 15) is 18.0 Å². The predicted molar refractivity (Wildman–Crippen MR) is 111 cm³/mol. The van der Waals surface area contributed by atoms with E-state index < -0.39 is 30.4 Å². The first kappa shape index (κ1) is 22.4. The third-order valence-electron chi connectivity index (χ3n) is 6.12. The summed E-state index contributed by atoms with van der Waals surface area (Å²) in [5, 5.41) is 4.21. The first-order valence-electron chi connectivity index (χ1n) is 10.4. The van der Waals surface area contributed by atoms with Crippen LogP contribution in [-0.4, -0.2) is 45.3 Å². The van der Waals surface area contributed by atoms with Gasteiger partial charge in [-0.1, -0.05) is 13.8 Å². The minimum absolute atomic E-state index is 0.0572. The summed E-state index contributed by atoms with van der Waals surface area (Å²) in [4.78, 5) is 19.3. The molecule has 0 radical (unpaired) electrons. The topological polar surface area (TPSA) is 69.5 Å². The maximum atomic E-state index is 13.1. The molecule has 0 aliphatic carbocycles. The average molecular weight is 452 g/mol. The van der Waals surface area contributed by atoms with Crippen LogP contribution in [0.3, 0.4) is 0 Å². The van der Waals surface area contributed by atoms with Crippen LogP contribution in [0.5, 0.6) is 5.88 Å². The van der Waals surface area contributed by atoms with E-state index in [2.05, 4.69) is 37.8 Å². The highest BCUT2D eigenvalue weighted by Gasteiger charge is 2.56. The molecule has 1 unspecified atom stereocenters. The lowest BCUT2D eigenvalue weighted by atomic mass is 9.85. The number of hydrogen-bond donors (Lipinski definition) is 0. The molecule has 4 rings (SSSR count). The number of carbonyl (C=O) groups is 1. The van der Waals surface area contributed by atoms with E-state index in [1.807, 2.05) is 4.90 Å². The molecule has 1 saturated heterocycles. The van der Waals surface area contributed by atoms with Crippen molar-refractivity contribution in [3.05, 3.63) is 30.0 Å². The molecular formula is C22H27F3N4O3. The maximum absolute atomic E-state index is 13.1. The number of fused-ring (bicyclic) bond motifs is 3. The fourth-order valence-electron chi connectivity index (χ4n) is 4.49. The summed E-state index contributed by atoms with van der Waals surface area (Å²) in [6.45, 7) is 9.86. The van der Waals surface area contributed by atoms with Crippen LogP contribution >= 0.6 is 0 Å². The number of hydrogen-bond acceptors (Lipinski definition) is 6. The summed E-state index contributed by atoms with van der Waals surface area (Å²) >= 11 is 0. The number of alkyl halides is 3. The van der Waals surface area contributed by atoms with Crippen molar-refractivity contribution in [3.63, 3.8) is 0 Å². The van der Waals surface area contributed by atoms with Gasteiger partial charge < -0.3 is 14.4 Å². The van der Waals surface area contributed by atoms with Crippen molar-refractivity contribution in [1.29, 1.82) is 0 Å². The number of halogens is 3. The molecule has 10 heteroatoms. The van der Waals surface area contributed by atoms with E-state index in [0.717, 1.165) is 20.3 Å². The van der Waals surface area contributed by atoms with Crippen LogP contribution < -0.4 is 9.64 Å². The summed E-state index contributed by atoms with van der Waals surface area (Å²) < 4.78 is 51.6. The van der Waals surface area contributed by atoms with Crippen LogP contribution in [0, 0.1) is 10.8 Å². The van der Waals surface area contributed by atoms with E-state index in [-0.39, 0.29) is 16.8 Å². The normalized spacial score (nSPS) is 21.7. The molecule has 0 N–H and O–H groups in total. The second kappa shape index (κ2) is 6.86. The van der Waals surface area contributed by atoms with Gasteiger partial charge >= 0.3 is 12.1 Å². The minimum Gasteiger partial charge on any atom is -0.476 e. The van der Waals surface area contributed by atoms with Gasteiger partial charge in [-0.25, -0.2) is 14.5 Å². The lowest BCUT2D eigenvalue weighted by molar-refractivity contribution is -0.219. The lowest BCUT2D eigenvalue weighted by Gasteiger charge is -2.41. The summed E-state index contributed by atoms with van der Waals surface area (Å²) in [6.07, 6.45) is -2.47. The van der Waals surface area contributed by atoms with E-state index in [0.29, 0.717) is 17.2 Å². The molecule has 0 amide bonds. The number of rotatable bonds is 4. The van der Waals surface area contributed by atoms with E-state index in [1.54, 1.807) is 18.3 Å². The summed E-state index contributed by atoms with van der Waals surface area (Å²) in [5.74, 6) is 0.560. The molecule has 2 aliphatic rings. The van der Waals surface area contributed by atoms with Gasteiger partial charge in [0.25, 0.3) is 0 Å². The van der Waals surface area contributed by atoms with Crippen LogP contribution in [0.1, 0.15) is 58.3 Å². The number of anilines is 1. The first-order chi connectivity index (χ1) is 14.6. The number of pyridine rings is 1. The Kier molecular flexibility index (Phi) is 4.80. The summed E-state index contributed by atoms with van der Waals surface area (Å²) in [7, 11) is 0. The number of aromatic nitrogens is 3. The monoisotopic (exact) mass is 452 g/mol. The Morgan fingerprint density at radius 3 is 2.53 bits per heavy atom. The Balaban J connectivity index is 1.63. The molecule has 2 aromatic rings. The summed E-state index contributed by atoms with van der Waals surface area (Å²) in [5.41, 5.74) is -2.19. The van der Waals surface area contributed by atoms with Crippen molar-refractivity contribution in [1.82, 2.24) is 14.8 Å². The first-order valence-corrected chi connectivity index (χ1v) is 10.4. The van der Waals surface area contributed by atoms with Crippen molar-refractivity contribution in [2.24, 2.45) is 10.8 Å². The van der Waals surface area contributed by atoms with Gasteiger partial charge in [0.05, 0.1) is 5.41 Å². The molecule has 32 heavy (non-hydrogen) atoms. The number of esters is 1. The van der Waals surface area contributed by atoms with E-state index in [1.165, 1.54) is 10.7 Å². The highest BCUT2D eigenvalue weighted by molar-refractivity contribution is 5.97. The van der Waals surface area contributed by atoms with Gasteiger partial charge in [0.2, 0.25) is 5.88 Å². The minimum atomic E-state index is -4.39. The van der Waals surface area contributed by atoms with Crippen LogP contribution in [-0.2, 0) is 4.74 Å². The molecule has 7 nitrogen and oxygen atoms in total. The third kappa shape index (κ3) is 3.59. The molecule has 0 saturated carbocycles. The maximum Gasteiger partial charge on any atom is 0.397 e. The van der Waals surface area contributed by atoms with Crippen molar-refractivity contribution >= 4 is 11.8 Å². The molecule has 1 atom stereocenters. The standard InChI is InChI=1S/C22H27F3N4O3/c1-19(2)11-21(5,6)29-16-13(17(30)32-18(19)29)7-8-14(26-16)28-10-9-15(27-28)31-12-20(3,4)22(23,24)25/h7-10,18H,11-12H2,1-6H3. The SMILES string of the molecule is CC1(C)CC(C)(C)N2c3nc(-n4ccc(OCC(C)(C)C(F)(F)F)n4)ccc3C(=O)OC21. The van der Waals surface area contributed by atoms with Gasteiger partial charge in [0.1, 0.15) is 18.0 Å². The largest absolute Gasteiger partial charge is 0.476 e. The van der Waals surface area contributed by atoms with Gasteiger partial charge in [0.15, 0.2) is 12.0 Å². The van der Waals surface area contributed by atoms with Crippen LogP contribution in [0.15, 0.2) is 24.4 Å². The fraction of sp³-hybridized carbons (Fsp3) is 0.591. The quantitative estimate of drug-likeness (QED) is 0.624. The zero-order valence-corrected chi connectivity index (χ0v) is 18.9. The van der Waals surface area contributed by atoms with Crippen LogP contribution in [0.2, 0.25) is 0 Å². The molecule has 0 spiro atoms. The van der Waals surface area contributed by atoms with Crippen molar-refractivity contribution in [3.8, 4) is 11.7 Å². The van der Waals surface area contributed by atoms with Gasteiger partial charge in [-0.2, -0.15) is 13.2 Å². The fourth-order valence-corrected chi connectivity index (χ4v) is 4.49. The number of carbonyl (C=O) groups excluding carboxylic acids is 1. The highest BCUT2D eigenvalue weighted by atomic mass is 19.4. The zero-order valence-electron chi connectivity index (χ0n) is 18.9. The van der Waals surface area contributed by atoms with E-state index in [4.69, 9.17) is 9.47 Å². The molecular weight excluding hydrogens is 425 g/mol. The summed E-state index contributed by atoms with van der Waals surface area (Å²) in [6, 6.07) is 4.73. The highest BCUT2D eigenvalue weighted by Crippen LogP contribution is 2.51. The van der Waals surface area contributed by atoms with Gasteiger partial charge in [-0.3, -0.25) is 0 Å². The van der Waals surface area contributed by atoms with Crippen LogP contribution in [0.25, 0.3) is 5.82 Å². The molecule has 4 heterocycles. The molecule has 2 aliphatic heterocycles. The second-order valence-electron chi connectivity index (χ2n) is 10.4. The molecule has 0 bridgehead atoms. The molecule has 2 aromatic heterocycles. The van der Waals surface area contributed by atoms with Crippen molar-refractivity contribution in [2.75, 3.05) is 11.5 Å². The van der Waals surface area contributed by atoms with Crippen LogP contribution in [0.4, 0.5) is 19.0 Å². The van der Waals surface area contributed by atoms with Gasteiger partial charge in [-0.05, 0) is 46.2 Å². The lowest BCUT2D eigenvalue weighted by Crippen LogP contribution is -2.51. The smallest absolute Gasteiger partial charge is 0.397 e. The Hall–Kier alpha value is -2.78. The number of nitrogens with zero attached hydrogens (tertiary/aromatic N) is 4. The van der Waals surface area contributed by atoms with E-state index >= 15 is 0 Å². The molecule has 1 fully saturated rings. The predicted octanol–water partition coefficient (Wildman–Crippen LogP) is 4.75. The zero-order chi connectivity index (χ0) is 23.7. The Morgan fingerprint density at radius 2 is 1.88 bits per heavy atom. The Bertz CT molecular complexity index is 1060. The van der Waals surface area contributed by atoms with Crippen molar-refractivity contribution in [2.45, 2.75) is 65.9 Å². The molecule has 0 aromatic carbocycles. The Morgan fingerprint density at radius 1 is 1.19 bits per heavy atom. The van der Waals surface area contributed by atoms with Gasteiger partial charge in [-0.15, -0.1) is 5.10 Å². The average Bonchev–Trinajstić information content (AvgIpc) is 3.19. The van der Waals surface area contributed by atoms with Gasteiger partial charge in [0, 0.05) is 23.2 Å². The van der Waals surface area contributed by atoms with Crippen molar-refractivity contribution < 1.29 is 27.4 Å². The second-order valence-corrected chi connectivity index (χ2v) is 10.4. The Labute approximate surface area is 184 Å².